The molecule has 2 aromatic rings. The van der Waals surface area contributed by atoms with E-state index in [1.165, 1.54) is 6.07 Å². The number of hydrogen-bond acceptors (Lipinski definition) is 2. The molecule has 0 fully saturated rings. The summed E-state index contributed by atoms with van der Waals surface area (Å²) < 4.78 is 44.5. The molecule has 0 heterocycles. The standard InChI is InChI=1S/C12H7BrF3NO/c13-9-4-11(17)12(5-10(9)16)18-8-2-6(14)1-7(15)3-8/h1-5H,17H2. The van der Waals surface area contributed by atoms with Gasteiger partial charge in [0.15, 0.2) is 5.75 Å². The largest absolute Gasteiger partial charge is 0.455 e. The van der Waals surface area contributed by atoms with Crippen LogP contribution in [0.3, 0.4) is 0 Å². The molecule has 0 radical (unpaired) electrons. The Morgan fingerprint density at radius 3 is 2.17 bits per heavy atom. The molecule has 94 valence electrons. The van der Waals surface area contributed by atoms with Crippen LogP contribution in [0, 0.1) is 17.5 Å². The van der Waals surface area contributed by atoms with E-state index in [1.807, 2.05) is 0 Å². The fraction of sp³-hybridized carbons (Fsp3) is 0. The Labute approximate surface area is 109 Å². The second-order valence-electron chi connectivity index (χ2n) is 3.51. The maximum absolute atomic E-state index is 13.3. The lowest BCUT2D eigenvalue weighted by molar-refractivity contribution is 0.465. The van der Waals surface area contributed by atoms with E-state index in [0.29, 0.717) is 6.07 Å². The highest BCUT2D eigenvalue weighted by molar-refractivity contribution is 9.10. The minimum absolute atomic E-state index is 0.0132. The van der Waals surface area contributed by atoms with Crippen molar-refractivity contribution in [2.75, 3.05) is 5.73 Å². The first-order valence-electron chi connectivity index (χ1n) is 4.84. The molecule has 0 aliphatic heterocycles. The van der Waals surface area contributed by atoms with Crippen molar-refractivity contribution in [3.63, 3.8) is 0 Å². The van der Waals surface area contributed by atoms with Crippen LogP contribution in [0.5, 0.6) is 11.5 Å². The predicted octanol–water partition coefficient (Wildman–Crippen LogP) is 4.24. The summed E-state index contributed by atoms with van der Waals surface area (Å²) in [5.41, 5.74) is 5.75. The highest BCUT2D eigenvalue weighted by atomic mass is 79.9. The fourth-order valence-electron chi connectivity index (χ4n) is 1.35. The highest BCUT2D eigenvalue weighted by Crippen LogP contribution is 2.32. The molecule has 2 nitrogen and oxygen atoms in total. The van der Waals surface area contributed by atoms with Gasteiger partial charge < -0.3 is 10.5 Å². The maximum Gasteiger partial charge on any atom is 0.153 e. The van der Waals surface area contributed by atoms with Crippen molar-refractivity contribution in [1.29, 1.82) is 0 Å². The number of halogens is 4. The topological polar surface area (TPSA) is 35.2 Å². The number of benzene rings is 2. The van der Waals surface area contributed by atoms with Gasteiger partial charge in [-0.25, -0.2) is 13.2 Å². The van der Waals surface area contributed by atoms with Gasteiger partial charge in [-0.2, -0.15) is 0 Å². The molecule has 0 spiro atoms. The van der Waals surface area contributed by atoms with E-state index in [4.69, 9.17) is 10.5 Å². The van der Waals surface area contributed by atoms with E-state index >= 15 is 0 Å². The molecule has 2 aromatic carbocycles. The summed E-state index contributed by atoms with van der Waals surface area (Å²) in [6, 6.07) is 4.99. The molecule has 2 rings (SSSR count). The van der Waals surface area contributed by atoms with Gasteiger partial charge in [-0.05, 0) is 22.0 Å². The fourth-order valence-corrected chi connectivity index (χ4v) is 1.71. The van der Waals surface area contributed by atoms with Gasteiger partial charge in [0.1, 0.15) is 23.2 Å². The summed E-state index contributed by atoms with van der Waals surface area (Å²) in [5, 5.41) is 0. The van der Waals surface area contributed by atoms with Gasteiger partial charge in [0, 0.05) is 24.3 Å². The van der Waals surface area contributed by atoms with Crippen LogP contribution in [-0.2, 0) is 0 Å². The Hall–Kier alpha value is -1.69. The van der Waals surface area contributed by atoms with Gasteiger partial charge in [-0.15, -0.1) is 0 Å². The van der Waals surface area contributed by atoms with Crippen LogP contribution in [0.25, 0.3) is 0 Å². The van der Waals surface area contributed by atoms with Crippen LogP contribution < -0.4 is 10.5 Å². The second kappa shape index (κ2) is 4.89. The number of hydrogen-bond donors (Lipinski definition) is 1. The first-order chi connectivity index (χ1) is 8.45. The summed E-state index contributed by atoms with van der Waals surface area (Å²) in [6.07, 6.45) is 0. The Morgan fingerprint density at radius 2 is 1.56 bits per heavy atom. The molecule has 0 saturated carbocycles. The van der Waals surface area contributed by atoms with Gasteiger partial charge in [0.25, 0.3) is 0 Å². The average molecular weight is 318 g/mol. The number of ether oxygens (including phenoxy) is 1. The minimum atomic E-state index is -0.791. The van der Waals surface area contributed by atoms with Crippen LogP contribution in [0.2, 0.25) is 0 Å². The molecule has 0 atom stereocenters. The molecular weight excluding hydrogens is 311 g/mol. The lowest BCUT2D eigenvalue weighted by Gasteiger charge is -2.09. The van der Waals surface area contributed by atoms with Crippen molar-refractivity contribution in [2.45, 2.75) is 0 Å². The zero-order valence-corrected chi connectivity index (χ0v) is 10.5. The van der Waals surface area contributed by atoms with Gasteiger partial charge in [0.05, 0.1) is 10.2 Å². The Bertz CT molecular complexity index is 584. The SMILES string of the molecule is Nc1cc(Br)c(F)cc1Oc1cc(F)cc(F)c1. The first-order valence-corrected chi connectivity index (χ1v) is 5.63. The third-order valence-electron chi connectivity index (χ3n) is 2.12. The van der Waals surface area contributed by atoms with Gasteiger partial charge >= 0.3 is 0 Å². The summed E-state index contributed by atoms with van der Waals surface area (Å²) in [6.45, 7) is 0. The predicted molar refractivity (Wildman–Crippen MR) is 64.9 cm³/mol. The highest BCUT2D eigenvalue weighted by Gasteiger charge is 2.09. The summed E-state index contributed by atoms with van der Waals surface area (Å²) in [7, 11) is 0. The lowest BCUT2D eigenvalue weighted by atomic mass is 10.3. The first kappa shape index (κ1) is 12.8. The second-order valence-corrected chi connectivity index (χ2v) is 4.37. The smallest absolute Gasteiger partial charge is 0.153 e. The zero-order valence-electron chi connectivity index (χ0n) is 8.88. The van der Waals surface area contributed by atoms with Crippen LogP contribution in [0.4, 0.5) is 18.9 Å². The van der Waals surface area contributed by atoms with Crippen LogP contribution >= 0.6 is 15.9 Å². The third-order valence-corrected chi connectivity index (χ3v) is 2.72. The Kier molecular flexibility index (Phi) is 3.47. The van der Waals surface area contributed by atoms with E-state index in [1.54, 1.807) is 0 Å². The molecule has 0 aliphatic carbocycles. The molecule has 18 heavy (non-hydrogen) atoms. The van der Waals surface area contributed by atoms with E-state index in [-0.39, 0.29) is 21.7 Å². The molecular formula is C12H7BrF3NO. The van der Waals surface area contributed by atoms with Crippen LogP contribution in [-0.4, -0.2) is 0 Å². The van der Waals surface area contributed by atoms with E-state index in [9.17, 15) is 13.2 Å². The third kappa shape index (κ3) is 2.76. The molecule has 0 aliphatic rings. The molecule has 2 N–H and O–H groups in total. The summed E-state index contributed by atoms with van der Waals surface area (Å²) in [4.78, 5) is 0. The van der Waals surface area contributed by atoms with Crippen molar-refractivity contribution in [3.8, 4) is 11.5 Å². The molecule has 0 saturated heterocycles. The van der Waals surface area contributed by atoms with Gasteiger partial charge in [0.2, 0.25) is 0 Å². The van der Waals surface area contributed by atoms with Crippen molar-refractivity contribution < 1.29 is 17.9 Å². The molecule has 0 aromatic heterocycles. The monoisotopic (exact) mass is 317 g/mol. The zero-order chi connectivity index (χ0) is 13.3. The van der Waals surface area contributed by atoms with Crippen molar-refractivity contribution >= 4 is 21.6 Å². The molecule has 6 heteroatoms. The number of anilines is 1. The summed E-state index contributed by atoms with van der Waals surface area (Å²) >= 11 is 2.96. The number of rotatable bonds is 2. The minimum Gasteiger partial charge on any atom is -0.455 e. The quantitative estimate of drug-likeness (QED) is 0.841. The molecule has 0 unspecified atom stereocenters. The Morgan fingerprint density at radius 1 is 0.944 bits per heavy atom. The number of nitrogens with two attached hydrogens (primary N) is 1. The van der Waals surface area contributed by atoms with Gasteiger partial charge in [-0.3, -0.25) is 0 Å². The molecule has 0 bridgehead atoms. The van der Waals surface area contributed by atoms with Gasteiger partial charge in [-0.1, -0.05) is 0 Å². The van der Waals surface area contributed by atoms with Crippen molar-refractivity contribution in [3.05, 3.63) is 52.3 Å². The maximum atomic E-state index is 13.3. The average Bonchev–Trinajstić information content (AvgIpc) is 2.24. The Balaban J connectivity index is 2.36. The van der Waals surface area contributed by atoms with Crippen LogP contribution in [0.15, 0.2) is 34.8 Å². The van der Waals surface area contributed by atoms with E-state index in [2.05, 4.69) is 15.9 Å². The van der Waals surface area contributed by atoms with Crippen molar-refractivity contribution in [2.24, 2.45) is 0 Å². The van der Waals surface area contributed by atoms with Crippen LogP contribution in [0.1, 0.15) is 0 Å². The van der Waals surface area contributed by atoms with E-state index < -0.39 is 17.5 Å². The van der Waals surface area contributed by atoms with Crippen molar-refractivity contribution in [1.82, 2.24) is 0 Å². The normalized spacial score (nSPS) is 10.4. The molecule has 0 amide bonds. The number of nitrogen functional groups attached to an aromatic ring is 1. The lowest BCUT2D eigenvalue weighted by Crippen LogP contribution is -1.95. The summed E-state index contributed by atoms with van der Waals surface area (Å²) in [5.74, 6) is -2.28. The van der Waals surface area contributed by atoms with E-state index in [0.717, 1.165) is 18.2 Å².